The van der Waals surface area contributed by atoms with Gasteiger partial charge in [-0.3, -0.25) is 0 Å². The van der Waals surface area contributed by atoms with Crippen LogP contribution < -0.4 is 0 Å². The number of aromatic nitrogens is 1. The van der Waals surface area contributed by atoms with Gasteiger partial charge in [0.05, 0.1) is 0 Å². The fraction of sp³-hybridized carbons (Fsp3) is 0.438. The van der Waals surface area contributed by atoms with E-state index >= 15 is 0 Å². The first-order chi connectivity index (χ1) is 9.83. The molecule has 0 amide bonds. The number of rotatable bonds is 4. The van der Waals surface area contributed by atoms with Gasteiger partial charge in [0.2, 0.25) is 0 Å². The zero-order valence-corrected chi connectivity index (χ0v) is 12.8. The molecule has 1 saturated heterocycles. The van der Waals surface area contributed by atoms with Gasteiger partial charge < -0.3 is 14.5 Å². The Bertz CT molecular complexity index is 538. The maximum Gasteiger partial charge on any atom is 0.167 e. The van der Waals surface area contributed by atoms with Gasteiger partial charge in [-0.15, -0.1) is 12.4 Å². The van der Waals surface area contributed by atoms with Gasteiger partial charge >= 0.3 is 0 Å². The zero-order valence-electron chi connectivity index (χ0n) is 11.9. The molecule has 1 aromatic heterocycles. The predicted molar refractivity (Wildman–Crippen MR) is 84.4 cm³/mol. The number of nitrogens with zero attached hydrogens (tertiary/aromatic N) is 2. The Kier molecular flexibility index (Phi) is 5.79. The van der Waals surface area contributed by atoms with Crippen LogP contribution in [0.4, 0.5) is 0 Å². The first-order valence-electron chi connectivity index (χ1n) is 7.25. The lowest BCUT2D eigenvalue weighted by atomic mass is 10.1. The molecule has 0 spiro atoms. The van der Waals surface area contributed by atoms with Gasteiger partial charge in [0.15, 0.2) is 5.76 Å². The van der Waals surface area contributed by atoms with Crippen molar-refractivity contribution in [2.45, 2.75) is 25.4 Å². The van der Waals surface area contributed by atoms with E-state index in [0.717, 1.165) is 24.3 Å². The van der Waals surface area contributed by atoms with E-state index < -0.39 is 6.10 Å². The third-order valence-corrected chi connectivity index (χ3v) is 3.81. The third kappa shape index (κ3) is 4.06. The van der Waals surface area contributed by atoms with Crippen molar-refractivity contribution in [3.63, 3.8) is 0 Å². The number of piperidine rings is 1. The molecule has 1 atom stereocenters. The lowest BCUT2D eigenvalue weighted by molar-refractivity contribution is 0.0798. The molecule has 4 nitrogen and oxygen atoms in total. The normalized spacial score (nSPS) is 17.2. The Morgan fingerprint density at radius 2 is 1.86 bits per heavy atom. The topological polar surface area (TPSA) is 49.5 Å². The standard InChI is InChI=1S/C16H20N2O2.ClH/c19-15(12-18-9-5-2-6-10-18)16-11-14(17-20-16)13-7-3-1-4-8-13;/h1,3-4,7-8,11,15,19H,2,5-6,9-10,12H2;1H. The Labute approximate surface area is 131 Å². The second-order valence-corrected chi connectivity index (χ2v) is 5.36. The van der Waals surface area contributed by atoms with Crippen molar-refractivity contribution in [1.82, 2.24) is 10.1 Å². The summed E-state index contributed by atoms with van der Waals surface area (Å²) >= 11 is 0. The second kappa shape index (κ2) is 7.59. The van der Waals surface area contributed by atoms with Crippen LogP contribution in [-0.4, -0.2) is 34.8 Å². The Hall–Kier alpha value is -1.36. The third-order valence-electron chi connectivity index (χ3n) is 3.81. The molecule has 0 aliphatic carbocycles. The molecule has 2 heterocycles. The number of β-amino-alcohol motifs (C(OH)–C–C–N with tert-alkyl or cyclic N) is 1. The van der Waals surface area contributed by atoms with Crippen LogP contribution >= 0.6 is 12.4 Å². The number of halogens is 1. The maximum absolute atomic E-state index is 10.3. The summed E-state index contributed by atoms with van der Waals surface area (Å²) < 4.78 is 5.30. The molecular formula is C16H21ClN2O2. The van der Waals surface area contributed by atoms with Gasteiger partial charge in [-0.25, -0.2) is 0 Å². The summed E-state index contributed by atoms with van der Waals surface area (Å²) in [5.41, 5.74) is 1.78. The molecule has 21 heavy (non-hydrogen) atoms. The minimum Gasteiger partial charge on any atom is -0.384 e. The highest BCUT2D eigenvalue weighted by atomic mass is 35.5. The average Bonchev–Trinajstić information content (AvgIpc) is 2.99. The van der Waals surface area contributed by atoms with Gasteiger partial charge in [-0.1, -0.05) is 41.9 Å². The van der Waals surface area contributed by atoms with E-state index in [1.165, 1.54) is 19.3 Å². The Balaban J connectivity index is 0.00000161. The van der Waals surface area contributed by atoms with Crippen LogP contribution in [0.25, 0.3) is 11.3 Å². The Morgan fingerprint density at radius 3 is 2.57 bits per heavy atom. The molecule has 0 bridgehead atoms. The van der Waals surface area contributed by atoms with Gasteiger partial charge in [-0.2, -0.15) is 0 Å². The molecular weight excluding hydrogens is 288 g/mol. The van der Waals surface area contributed by atoms with Crippen LogP contribution in [0.1, 0.15) is 31.1 Å². The number of hydrogen-bond donors (Lipinski definition) is 1. The number of hydrogen-bond acceptors (Lipinski definition) is 4. The lowest BCUT2D eigenvalue weighted by Gasteiger charge is -2.27. The molecule has 1 unspecified atom stereocenters. The average molecular weight is 309 g/mol. The molecule has 0 saturated carbocycles. The van der Waals surface area contributed by atoms with E-state index in [1.807, 2.05) is 36.4 Å². The van der Waals surface area contributed by atoms with Gasteiger partial charge in [-0.05, 0) is 25.9 Å². The number of likely N-dealkylation sites (tertiary alicyclic amines) is 1. The highest BCUT2D eigenvalue weighted by Crippen LogP contribution is 2.23. The maximum atomic E-state index is 10.3. The lowest BCUT2D eigenvalue weighted by Crippen LogP contribution is -2.33. The van der Waals surface area contributed by atoms with Crippen molar-refractivity contribution >= 4 is 12.4 Å². The van der Waals surface area contributed by atoms with Crippen LogP contribution in [0.3, 0.4) is 0 Å². The fourth-order valence-corrected chi connectivity index (χ4v) is 2.67. The van der Waals surface area contributed by atoms with Gasteiger partial charge in [0.25, 0.3) is 0 Å². The molecule has 0 radical (unpaired) electrons. The molecule has 1 N–H and O–H groups in total. The van der Waals surface area contributed by atoms with E-state index in [-0.39, 0.29) is 12.4 Å². The van der Waals surface area contributed by atoms with Crippen molar-refractivity contribution < 1.29 is 9.63 Å². The van der Waals surface area contributed by atoms with Crippen LogP contribution in [0.15, 0.2) is 40.9 Å². The molecule has 1 aliphatic rings. The fourth-order valence-electron chi connectivity index (χ4n) is 2.67. The largest absolute Gasteiger partial charge is 0.384 e. The summed E-state index contributed by atoms with van der Waals surface area (Å²) in [5, 5.41) is 14.3. The first kappa shape index (κ1) is 16.0. The Morgan fingerprint density at radius 1 is 1.14 bits per heavy atom. The second-order valence-electron chi connectivity index (χ2n) is 5.36. The van der Waals surface area contributed by atoms with Crippen LogP contribution in [0.2, 0.25) is 0 Å². The monoisotopic (exact) mass is 308 g/mol. The van der Waals surface area contributed by atoms with E-state index in [4.69, 9.17) is 4.52 Å². The molecule has 1 aliphatic heterocycles. The van der Waals surface area contributed by atoms with Crippen molar-refractivity contribution in [3.05, 3.63) is 42.2 Å². The molecule has 5 heteroatoms. The van der Waals surface area contributed by atoms with Crippen molar-refractivity contribution in [2.24, 2.45) is 0 Å². The van der Waals surface area contributed by atoms with Gasteiger partial charge in [0.1, 0.15) is 11.8 Å². The number of aliphatic hydroxyl groups is 1. The zero-order chi connectivity index (χ0) is 13.8. The van der Waals surface area contributed by atoms with E-state index in [2.05, 4.69) is 10.1 Å². The predicted octanol–water partition coefficient (Wildman–Crippen LogP) is 3.28. The van der Waals surface area contributed by atoms with Crippen LogP contribution in [0.5, 0.6) is 0 Å². The summed E-state index contributed by atoms with van der Waals surface area (Å²) in [6.07, 6.45) is 3.14. The summed E-state index contributed by atoms with van der Waals surface area (Å²) in [5.74, 6) is 0.550. The SMILES string of the molecule is Cl.OC(CN1CCCCC1)c1cc(-c2ccccc2)no1. The first-order valence-corrected chi connectivity index (χ1v) is 7.25. The van der Waals surface area contributed by atoms with Crippen LogP contribution in [-0.2, 0) is 0 Å². The minimum atomic E-state index is -0.599. The highest BCUT2D eigenvalue weighted by molar-refractivity contribution is 5.85. The summed E-state index contributed by atoms with van der Waals surface area (Å²) in [6.45, 7) is 2.76. The summed E-state index contributed by atoms with van der Waals surface area (Å²) in [6, 6.07) is 11.7. The van der Waals surface area contributed by atoms with E-state index in [0.29, 0.717) is 12.3 Å². The molecule has 1 aromatic carbocycles. The molecule has 3 rings (SSSR count). The smallest absolute Gasteiger partial charge is 0.167 e. The van der Waals surface area contributed by atoms with Crippen molar-refractivity contribution in [2.75, 3.05) is 19.6 Å². The number of benzene rings is 1. The van der Waals surface area contributed by atoms with Crippen LogP contribution in [0, 0.1) is 0 Å². The van der Waals surface area contributed by atoms with E-state index in [9.17, 15) is 5.11 Å². The summed E-state index contributed by atoms with van der Waals surface area (Å²) in [7, 11) is 0. The highest BCUT2D eigenvalue weighted by Gasteiger charge is 2.19. The molecule has 114 valence electrons. The minimum absolute atomic E-state index is 0. The number of aliphatic hydroxyl groups excluding tert-OH is 1. The molecule has 2 aromatic rings. The quantitative estimate of drug-likeness (QED) is 0.941. The summed E-state index contributed by atoms with van der Waals surface area (Å²) in [4.78, 5) is 2.29. The van der Waals surface area contributed by atoms with Gasteiger partial charge in [0, 0.05) is 18.2 Å². The van der Waals surface area contributed by atoms with E-state index in [1.54, 1.807) is 0 Å². The van der Waals surface area contributed by atoms with Crippen molar-refractivity contribution in [3.8, 4) is 11.3 Å². The molecule has 1 fully saturated rings. The van der Waals surface area contributed by atoms with Crippen molar-refractivity contribution in [1.29, 1.82) is 0 Å².